The van der Waals surface area contributed by atoms with Crippen LogP contribution in [-0.4, -0.2) is 36.4 Å². The van der Waals surface area contributed by atoms with Crippen molar-refractivity contribution in [1.29, 1.82) is 0 Å². The quantitative estimate of drug-likeness (QED) is 0.913. The zero-order chi connectivity index (χ0) is 14.0. The summed E-state index contributed by atoms with van der Waals surface area (Å²) in [4.78, 5) is 11.0. The Kier molecular flexibility index (Phi) is 3.86. The smallest absolute Gasteiger partial charge is 0.322 e. The molecule has 1 N–H and O–H groups in total. The highest BCUT2D eigenvalue weighted by atomic mass is 32.2. The maximum absolute atomic E-state index is 12.8. The number of hydrogen-bond donors (Lipinski definition) is 1. The molecule has 19 heavy (non-hydrogen) atoms. The van der Waals surface area contributed by atoms with Gasteiger partial charge in [-0.05, 0) is 43.5 Å². The van der Waals surface area contributed by atoms with E-state index in [9.17, 15) is 17.6 Å². The Labute approximate surface area is 110 Å². The van der Waals surface area contributed by atoms with E-state index in [4.69, 9.17) is 5.11 Å². The number of nitrogens with zero attached hydrogens (tertiary/aromatic N) is 1. The van der Waals surface area contributed by atoms with Gasteiger partial charge in [0.05, 0.1) is 4.90 Å². The van der Waals surface area contributed by atoms with Gasteiger partial charge in [0.15, 0.2) is 0 Å². The first-order chi connectivity index (χ1) is 8.93. The normalized spacial score (nSPS) is 21.2. The Morgan fingerprint density at radius 3 is 2.47 bits per heavy atom. The molecule has 1 aliphatic heterocycles. The molecule has 0 saturated carbocycles. The van der Waals surface area contributed by atoms with E-state index >= 15 is 0 Å². The highest BCUT2D eigenvalue weighted by Gasteiger charge is 2.37. The molecule has 104 valence electrons. The highest BCUT2D eigenvalue weighted by molar-refractivity contribution is 7.89. The Balaban J connectivity index is 2.37. The van der Waals surface area contributed by atoms with Gasteiger partial charge < -0.3 is 5.11 Å². The molecule has 0 aromatic heterocycles. The molecule has 1 aromatic carbocycles. The lowest BCUT2D eigenvalue weighted by Gasteiger charge is -2.31. The lowest BCUT2D eigenvalue weighted by atomic mass is 10.1. The van der Waals surface area contributed by atoms with Gasteiger partial charge in [-0.1, -0.05) is 0 Å². The molecular formula is C12H14FNO4S. The third kappa shape index (κ3) is 2.76. The molecule has 0 aliphatic carbocycles. The molecule has 5 nitrogen and oxygen atoms in total. The van der Waals surface area contributed by atoms with E-state index in [0.717, 1.165) is 28.6 Å². The van der Waals surface area contributed by atoms with Crippen molar-refractivity contribution in [2.45, 2.75) is 30.2 Å². The zero-order valence-corrected chi connectivity index (χ0v) is 10.9. The van der Waals surface area contributed by atoms with Crippen LogP contribution in [0.1, 0.15) is 19.3 Å². The van der Waals surface area contributed by atoms with Crippen LogP contribution in [0.3, 0.4) is 0 Å². The molecular weight excluding hydrogens is 273 g/mol. The molecule has 0 radical (unpaired) electrons. The third-order valence-corrected chi connectivity index (χ3v) is 5.08. The average Bonchev–Trinajstić information content (AvgIpc) is 2.39. The van der Waals surface area contributed by atoms with E-state index < -0.39 is 27.9 Å². The van der Waals surface area contributed by atoms with Crippen molar-refractivity contribution in [2.75, 3.05) is 6.54 Å². The first-order valence-corrected chi connectivity index (χ1v) is 7.37. The van der Waals surface area contributed by atoms with Crippen molar-refractivity contribution in [3.05, 3.63) is 30.1 Å². The SMILES string of the molecule is O=C(O)C1CCCCN1S(=O)(=O)c1ccc(F)cc1. The number of rotatable bonds is 3. The van der Waals surface area contributed by atoms with Crippen LogP contribution in [0, 0.1) is 5.82 Å². The lowest BCUT2D eigenvalue weighted by Crippen LogP contribution is -2.47. The highest BCUT2D eigenvalue weighted by Crippen LogP contribution is 2.25. The van der Waals surface area contributed by atoms with Gasteiger partial charge in [0.25, 0.3) is 0 Å². The predicted molar refractivity (Wildman–Crippen MR) is 65.6 cm³/mol. The summed E-state index contributed by atoms with van der Waals surface area (Å²) in [6, 6.07) is 3.36. The minimum absolute atomic E-state index is 0.0814. The van der Waals surface area contributed by atoms with Gasteiger partial charge in [0.2, 0.25) is 10.0 Å². The molecule has 1 aliphatic rings. The Bertz CT molecular complexity index is 570. The largest absolute Gasteiger partial charge is 0.480 e. The third-order valence-electron chi connectivity index (χ3n) is 3.16. The monoisotopic (exact) mass is 287 g/mol. The first kappa shape index (κ1) is 14.0. The van der Waals surface area contributed by atoms with Crippen molar-refractivity contribution in [3.63, 3.8) is 0 Å². The minimum atomic E-state index is -3.89. The maximum Gasteiger partial charge on any atom is 0.322 e. The van der Waals surface area contributed by atoms with Gasteiger partial charge in [-0.25, -0.2) is 12.8 Å². The maximum atomic E-state index is 12.8. The fourth-order valence-corrected chi connectivity index (χ4v) is 3.83. The van der Waals surface area contributed by atoms with E-state index in [1.165, 1.54) is 0 Å². The second-order valence-corrected chi connectivity index (χ2v) is 6.31. The molecule has 1 unspecified atom stereocenters. The summed E-state index contributed by atoms with van der Waals surface area (Å²) in [5, 5.41) is 9.10. The molecule has 7 heteroatoms. The second-order valence-electron chi connectivity index (χ2n) is 4.42. The summed E-state index contributed by atoms with van der Waals surface area (Å²) in [5.41, 5.74) is 0. The zero-order valence-electron chi connectivity index (χ0n) is 10.1. The standard InChI is InChI=1S/C12H14FNO4S/c13-9-4-6-10(7-5-9)19(17,18)14-8-2-1-3-11(14)12(15)16/h4-7,11H,1-3,8H2,(H,15,16). The van der Waals surface area contributed by atoms with E-state index in [-0.39, 0.29) is 11.4 Å². The summed E-state index contributed by atoms with van der Waals surface area (Å²) < 4.78 is 38.5. The Morgan fingerprint density at radius 2 is 1.89 bits per heavy atom. The van der Waals surface area contributed by atoms with Gasteiger partial charge >= 0.3 is 5.97 Å². The fraction of sp³-hybridized carbons (Fsp3) is 0.417. The topological polar surface area (TPSA) is 74.7 Å². The summed E-state index contributed by atoms with van der Waals surface area (Å²) in [7, 11) is -3.89. The van der Waals surface area contributed by atoms with E-state index in [0.29, 0.717) is 19.3 Å². The molecule has 0 bridgehead atoms. The number of hydrogen-bond acceptors (Lipinski definition) is 3. The number of piperidine rings is 1. The van der Waals surface area contributed by atoms with Crippen LogP contribution in [0.15, 0.2) is 29.2 Å². The van der Waals surface area contributed by atoms with Crippen molar-refractivity contribution < 1.29 is 22.7 Å². The molecule has 1 saturated heterocycles. The van der Waals surface area contributed by atoms with Crippen LogP contribution in [0.5, 0.6) is 0 Å². The Hall–Kier alpha value is -1.47. The van der Waals surface area contributed by atoms with Gasteiger partial charge in [-0.15, -0.1) is 0 Å². The number of aliphatic carboxylic acids is 1. The van der Waals surface area contributed by atoms with Crippen molar-refractivity contribution in [1.82, 2.24) is 4.31 Å². The number of carboxylic acids is 1. The predicted octanol–water partition coefficient (Wildman–Crippen LogP) is 1.45. The van der Waals surface area contributed by atoms with E-state index in [1.807, 2.05) is 0 Å². The number of benzene rings is 1. The second kappa shape index (κ2) is 5.26. The molecule has 1 fully saturated rings. The molecule has 2 rings (SSSR count). The van der Waals surface area contributed by atoms with Gasteiger partial charge in [0, 0.05) is 6.54 Å². The van der Waals surface area contributed by atoms with E-state index in [2.05, 4.69) is 0 Å². The van der Waals surface area contributed by atoms with Crippen molar-refractivity contribution in [2.24, 2.45) is 0 Å². The average molecular weight is 287 g/mol. The summed E-state index contributed by atoms with van der Waals surface area (Å²) in [5.74, 6) is -1.68. The Morgan fingerprint density at radius 1 is 1.26 bits per heavy atom. The van der Waals surface area contributed by atoms with Crippen LogP contribution in [0.25, 0.3) is 0 Å². The van der Waals surface area contributed by atoms with Gasteiger partial charge in [-0.2, -0.15) is 4.31 Å². The van der Waals surface area contributed by atoms with Crippen molar-refractivity contribution in [3.8, 4) is 0 Å². The summed E-state index contributed by atoms with van der Waals surface area (Å²) in [6.45, 7) is 0.177. The van der Waals surface area contributed by atoms with Crippen LogP contribution in [0.4, 0.5) is 4.39 Å². The summed E-state index contributed by atoms with van der Waals surface area (Å²) >= 11 is 0. The first-order valence-electron chi connectivity index (χ1n) is 5.93. The molecule has 0 amide bonds. The van der Waals surface area contributed by atoms with Crippen LogP contribution >= 0.6 is 0 Å². The van der Waals surface area contributed by atoms with E-state index in [1.54, 1.807) is 0 Å². The van der Waals surface area contributed by atoms with Crippen LogP contribution in [0.2, 0.25) is 0 Å². The van der Waals surface area contributed by atoms with Crippen LogP contribution in [-0.2, 0) is 14.8 Å². The minimum Gasteiger partial charge on any atom is -0.480 e. The van der Waals surface area contributed by atoms with Crippen molar-refractivity contribution >= 4 is 16.0 Å². The summed E-state index contributed by atoms with van der Waals surface area (Å²) in [6.07, 6.45) is 1.62. The molecule has 1 aromatic rings. The number of halogens is 1. The van der Waals surface area contributed by atoms with Gasteiger partial charge in [-0.3, -0.25) is 4.79 Å². The fourth-order valence-electron chi connectivity index (χ4n) is 2.18. The number of sulfonamides is 1. The number of carbonyl (C=O) groups is 1. The number of carboxylic acid groups (broad SMARTS) is 1. The van der Waals surface area contributed by atoms with Gasteiger partial charge in [0.1, 0.15) is 11.9 Å². The molecule has 1 atom stereocenters. The lowest BCUT2D eigenvalue weighted by molar-refractivity contribution is -0.142. The van der Waals surface area contributed by atoms with Crippen LogP contribution < -0.4 is 0 Å². The molecule has 1 heterocycles. The molecule has 0 spiro atoms.